The third-order valence-corrected chi connectivity index (χ3v) is 10.0. The largest absolute Gasteiger partial charge is 1.00 e. The zero-order valence-electron chi connectivity index (χ0n) is 40.7. The summed E-state index contributed by atoms with van der Waals surface area (Å²) in [6.07, 6.45) is 1.84. The number of methoxy groups -OCH3 is 2. The van der Waals surface area contributed by atoms with E-state index in [1.54, 1.807) is 14.2 Å². The number of halogens is 1. The molecule has 12 atom stereocenters. The van der Waals surface area contributed by atoms with Crippen LogP contribution in [0.25, 0.3) is 0 Å². The van der Waals surface area contributed by atoms with E-state index in [1.807, 2.05) is 48.5 Å². The zero-order valence-corrected chi connectivity index (χ0v) is 44.0. The molecule has 1 fully saturated rings. The summed E-state index contributed by atoms with van der Waals surface area (Å²) in [6, 6.07) is 0. The van der Waals surface area contributed by atoms with E-state index in [1.165, 1.54) is 9.47 Å². The Morgan fingerprint density at radius 3 is 1.41 bits per heavy atom. The second kappa shape index (κ2) is 42.8. The molecule has 0 spiro atoms. The molecule has 12 unspecified atom stereocenters. The monoisotopic (exact) mass is 996 g/mol. The van der Waals surface area contributed by atoms with Gasteiger partial charge in [-0.2, -0.15) is 0 Å². The summed E-state index contributed by atoms with van der Waals surface area (Å²) < 4.78 is 22.0. The van der Waals surface area contributed by atoms with Gasteiger partial charge in [0.15, 0.2) is 12.6 Å². The first-order chi connectivity index (χ1) is 27.7. The van der Waals surface area contributed by atoms with Gasteiger partial charge in [0.2, 0.25) is 0 Å². The van der Waals surface area contributed by atoms with Crippen molar-refractivity contribution in [3.8, 4) is 0 Å². The van der Waals surface area contributed by atoms with Crippen molar-refractivity contribution in [1.29, 1.82) is 0 Å². The Morgan fingerprint density at radius 1 is 0.651 bits per heavy atom. The Labute approximate surface area is 405 Å². The Morgan fingerprint density at radius 2 is 1.05 bits per heavy atom. The standard InChI is InChI=1S/C21H43NO5.C17H36O5.C6H15NO2.CH4.ClH.H3OP.V/c1-14(2)19(25)11-16(24)9-15(23)10-17-12-18(13-21(3,4)5)27-20(26-17)7-6-8-22;1-11(2)16(22)9-14(20)7-12(18)6-13(19)8-15(21)10-17(3,4)5;1-8-6(9-2)4-3-5-7;;;1-2;/h14-20,23-25H,6-13,22H2,1-5H3;11-16,18-22H,6-10H2,1-5H3;6H,3-5,7H2,1-2H3;1H4;1H;1H,2H2;. The van der Waals surface area contributed by atoms with E-state index in [9.17, 15) is 40.9 Å². The van der Waals surface area contributed by atoms with Crippen LogP contribution in [0.4, 0.5) is 0 Å². The number of hydrogen-bond acceptors (Lipinski definition) is 14. The van der Waals surface area contributed by atoms with Gasteiger partial charge in [-0.15, -0.1) is 0 Å². The molecule has 0 bridgehead atoms. The second-order valence-corrected chi connectivity index (χ2v) is 19.7. The van der Waals surface area contributed by atoms with Crippen molar-refractivity contribution in [3.05, 3.63) is 0 Å². The molecule has 387 valence electrons. The summed E-state index contributed by atoms with van der Waals surface area (Å²) in [7, 11) is 4.68. The minimum absolute atomic E-state index is 0. The summed E-state index contributed by atoms with van der Waals surface area (Å²) >= 11 is 0. The molecule has 1 heterocycles. The summed E-state index contributed by atoms with van der Waals surface area (Å²) in [6.45, 7) is 21.8. The predicted octanol–water partition coefficient (Wildman–Crippen LogP) is 1.05. The minimum Gasteiger partial charge on any atom is -1.00 e. The Balaban J connectivity index is -0.000000203. The smallest absolute Gasteiger partial charge is 0.158 e. The van der Waals surface area contributed by atoms with Gasteiger partial charge in [-0.05, 0) is 109 Å². The van der Waals surface area contributed by atoms with Gasteiger partial charge >= 0.3 is 0 Å². The fourth-order valence-electron chi connectivity index (χ4n) is 6.83. The van der Waals surface area contributed by atoms with Crippen LogP contribution in [0.5, 0.6) is 0 Å². The van der Waals surface area contributed by atoms with E-state index in [2.05, 4.69) is 26.5 Å². The van der Waals surface area contributed by atoms with Crippen LogP contribution in [0, 0.1) is 22.7 Å². The van der Waals surface area contributed by atoms with Gasteiger partial charge in [0, 0.05) is 52.0 Å². The van der Waals surface area contributed by atoms with Crippen LogP contribution in [0.2, 0.25) is 0 Å². The SMILES string of the molecule is C.CC(C)C(O)CC(O)CC(O)CC(O)CC(O)CC(C)(C)C.CC(C)C(O)CC(O)CC(O)CC1CC(CC(C)(C)C)OC(CCC[NH3+])O1.COC(CCCN)OC.OP.[Cl-].[V]. The van der Waals surface area contributed by atoms with E-state index >= 15 is 0 Å². The molecule has 0 aliphatic carbocycles. The number of aliphatic hydroxyl groups excluding tert-OH is 8. The minimum atomic E-state index is -0.841. The van der Waals surface area contributed by atoms with Crippen LogP contribution in [-0.2, 0) is 37.5 Å². The summed E-state index contributed by atoms with van der Waals surface area (Å²) in [5, 5.41) is 79.7. The van der Waals surface area contributed by atoms with Gasteiger partial charge in [0.25, 0.3) is 0 Å². The van der Waals surface area contributed by atoms with Crippen LogP contribution in [-0.4, -0.2) is 147 Å². The Kier molecular flexibility index (Phi) is 51.1. The van der Waals surface area contributed by atoms with Crippen molar-refractivity contribution in [2.75, 3.05) is 27.3 Å². The maximum absolute atomic E-state index is 10.4. The zero-order chi connectivity index (χ0) is 47.2. The van der Waals surface area contributed by atoms with E-state index < -0.39 is 48.8 Å². The van der Waals surface area contributed by atoms with Crippen LogP contribution in [0.3, 0.4) is 0 Å². The average Bonchev–Trinajstić information content (AvgIpc) is 3.10. The van der Waals surface area contributed by atoms with Crippen molar-refractivity contribution >= 4 is 9.47 Å². The first kappa shape index (κ1) is 75.2. The molecule has 0 aromatic heterocycles. The molecule has 0 saturated carbocycles. The van der Waals surface area contributed by atoms with E-state index in [-0.39, 0.29) is 118 Å². The Hall–Kier alpha value is 0.704. The van der Waals surface area contributed by atoms with Crippen LogP contribution < -0.4 is 23.9 Å². The Bertz CT molecular complexity index is 971. The first-order valence-corrected chi connectivity index (χ1v) is 22.8. The average molecular weight is 997 g/mol. The fraction of sp³-hybridized carbons (Fsp3) is 1.00. The van der Waals surface area contributed by atoms with Crippen molar-refractivity contribution in [2.24, 2.45) is 28.4 Å². The molecule has 18 heteroatoms. The van der Waals surface area contributed by atoms with Crippen molar-refractivity contribution in [3.63, 3.8) is 0 Å². The van der Waals surface area contributed by atoms with E-state index in [4.69, 9.17) is 29.6 Å². The second-order valence-electron chi connectivity index (χ2n) is 19.7. The quantitative estimate of drug-likeness (QED) is 0.0428. The van der Waals surface area contributed by atoms with Crippen molar-refractivity contribution < 1.29 is 101 Å². The van der Waals surface area contributed by atoms with E-state index in [0.29, 0.717) is 25.8 Å². The number of aliphatic hydroxyl groups is 8. The first-order valence-electron chi connectivity index (χ1n) is 22.3. The molecule has 0 aromatic rings. The third-order valence-electron chi connectivity index (χ3n) is 10.0. The normalized spacial score (nSPS) is 20.3. The van der Waals surface area contributed by atoms with E-state index in [0.717, 1.165) is 45.1 Å². The van der Waals surface area contributed by atoms with Gasteiger partial charge < -0.3 is 88.6 Å². The molecular formula is C45H102ClN2O13PV. The van der Waals surface area contributed by atoms with Gasteiger partial charge in [0.05, 0.1) is 67.6 Å². The molecule has 1 rings (SSSR count). The van der Waals surface area contributed by atoms with Crippen LogP contribution in [0.15, 0.2) is 0 Å². The third kappa shape index (κ3) is 46.2. The van der Waals surface area contributed by atoms with Crippen LogP contribution >= 0.6 is 9.47 Å². The molecule has 1 aliphatic rings. The molecule has 0 amide bonds. The number of rotatable bonds is 26. The molecule has 1 saturated heterocycles. The van der Waals surface area contributed by atoms with Crippen LogP contribution in [0.1, 0.15) is 167 Å². The van der Waals surface area contributed by atoms with Gasteiger partial charge in [-0.25, -0.2) is 0 Å². The van der Waals surface area contributed by atoms with Crippen molar-refractivity contribution in [2.45, 2.75) is 240 Å². The van der Waals surface area contributed by atoms with Gasteiger partial charge in [-0.1, -0.05) is 76.7 Å². The molecule has 1 radical (unpaired) electrons. The molecule has 0 aromatic carbocycles. The van der Waals surface area contributed by atoms with Crippen molar-refractivity contribution in [1.82, 2.24) is 0 Å². The molecule has 1 aliphatic heterocycles. The fourth-order valence-corrected chi connectivity index (χ4v) is 6.83. The predicted molar refractivity (Wildman–Crippen MR) is 248 cm³/mol. The molecule has 63 heavy (non-hydrogen) atoms. The number of ether oxygens (including phenoxy) is 4. The molecule has 14 N–H and O–H groups in total. The maximum atomic E-state index is 10.4. The molecule has 15 nitrogen and oxygen atoms in total. The maximum Gasteiger partial charge on any atom is 0.158 e. The summed E-state index contributed by atoms with van der Waals surface area (Å²) in [4.78, 5) is 6.92. The van der Waals surface area contributed by atoms with Gasteiger partial charge in [-0.3, -0.25) is 0 Å². The topological polar surface area (TPSA) is 273 Å². The molecular weight excluding hydrogens is 894 g/mol. The number of hydrogen-bond donors (Lipinski definition) is 11. The number of nitrogens with two attached hydrogens (primary N) is 1. The van der Waals surface area contributed by atoms with Gasteiger partial charge in [0.1, 0.15) is 0 Å². The number of quaternary nitrogens is 1. The summed E-state index contributed by atoms with van der Waals surface area (Å²) in [5.41, 5.74) is 9.32. The summed E-state index contributed by atoms with van der Waals surface area (Å²) in [5.74, 6) is 0.160.